The number of hydrogen-bond acceptors (Lipinski definition) is 9. The molecule has 3 aromatic rings. The van der Waals surface area contributed by atoms with E-state index in [4.69, 9.17) is 15.2 Å². The van der Waals surface area contributed by atoms with Crippen LogP contribution < -0.4 is 15.3 Å². The molecule has 4 N–H and O–H groups in total. The Bertz CT molecular complexity index is 1050. The summed E-state index contributed by atoms with van der Waals surface area (Å²) in [6.45, 7) is 1.98. The van der Waals surface area contributed by atoms with Crippen molar-refractivity contribution >= 4 is 27.6 Å². The first-order valence-corrected chi connectivity index (χ1v) is 10.1. The minimum Gasteiger partial charge on any atom is -0.472 e. The summed E-state index contributed by atoms with van der Waals surface area (Å²) in [5.41, 5.74) is 7.14. The molecule has 0 bridgehead atoms. The lowest BCUT2D eigenvalue weighted by Gasteiger charge is -2.15. The summed E-state index contributed by atoms with van der Waals surface area (Å²) in [5.74, 6) is -0.0108. The van der Waals surface area contributed by atoms with Gasteiger partial charge in [0, 0.05) is 5.92 Å². The fourth-order valence-corrected chi connectivity index (χ4v) is 4.33. The Hall–Kier alpha value is -2.53. The maximum absolute atomic E-state index is 12.6. The molecule has 1 saturated heterocycles. The van der Waals surface area contributed by atoms with Crippen LogP contribution in [0.4, 0.5) is 5.95 Å². The van der Waals surface area contributed by atoms with Crippen LogP contribution in [0.15, 0.2) is 35.1 Å². The average Bonchev–Trinajstić information content (AvgIpc) is 3.18. The van der Waals surface area contributed by atoms with Crippen molar-refractivity contribution in [3.05, 3.63) is 45.6 Å². The van der Waals surface area contributed by atoms with Crippen molar-refractivity contribution in [1.82, 2.24) is 14.5 Å². The van der Waals surface area contributed by atoms with Crippen molar-refractivity contribution in [2.75, 3.05) is 12.3 Å². The smallest absolute Gasteiger partial charge is 0.309 e. The van der Waals surface area contributed by atoms with Crippen LogP contribution in [0.3, 0.4) is 0 Å². The van der Waals surface area contributed by atoms with Gasteiger partial charge in [-0.15, -0.1) is 0 Å². The topological polar surface area (TPSA) is 133 Å². The largest absolute Gasteiger partial charge is 0.472 e. The zero-order chi connectivity index (χ0) is 20.5. The molecular weight excluding hydrogens is 396 g/mol. The fraction of sp³-hybridized carbons (Fsp3) is 0.421. The molecule has 0 radical (unpaired) electrons. The standard InChI is InChI=1S/C19H22N4O5S/c1-10-13(8-24)28-12(14(10)25)7-23-16-15(29-19(23)26)17(22-18(20)21-16)27-9-11-5-3-2-4-6-11/h2-6,10,12-14,24-25H,7-9H2,1H3,(H2,20,21,22)/t10-,12+,13-,14-/m1/s1. The van der Waals surface area contributed by atoms with E-state index in [0.29, 0.717) is 10.3 Å². The number of anilines is 1. The molecule has 1 aliphatic rings. The summed E-state index contributed by atoms with van der Waals surface area (Å²) in [7, 11) is 0. The van der Waals surface area contributed by atoms with E-state index in [1.165, 1.54) is 4.57 Å². The number of benzene rings is 1. The second-order valence-electron chi connectivity index (χ2n) is 7.04. The second-order valence-corrected chi connectivity index (χ2v) is 8.00. The number of nitrogen functional groups attached to an aromatic ring is 1. The van der Waals surface area contributed by atoms with Crippen molar-refractivity contribution in [1.29, 1.82) is 0 Å². The normalized spacial score (nSPS) is 24.2. The molecule has 29 heavy (non-hydrogen) atoms. The van der Waals surface area contributed by atoms with E-state index < -0.39 is 18.3 Å². The third-order valence-corrected chi connectivity index (χ3v) is 6.07. The monoisotopic (exact) mass is 418 g/mol. The number of thiazole rings is 1. The van der Waals surface area contributed by atoms with Crippen LogP contribution in [0.25, 0.3) is 10.3 Å². The van der Waals surface area contributed by atoms with E-state index in [-0.39, 0.29) is 42.4 Å². The molecule has 4 rings (SSSR count). The van der Waals surface area contributed by atoms with Crippen LogP contribution in [0.5, 0.6) is 5.88 Å². The van der Waals surface area contributed by atoms with E-state index in [9.17, 15) is 15.0 Å². The van der Waals surface area contributed by atoms with Crippen LogP contribution in [0.1, 0.15) is 12.5 Å². The molecule has 2 aromatic heterocycles. The van der Waals surface area contributed by atoms with Gasteiger partial charge in [0.25, 0.3) is 0 Å². The molecule has 9 nitrogen and oxygen atoms in total. The molecular formula is C19H22N4O5S. The summed E-state index contributed by atoms with van der Waals surface area (Å²) in [6, 6.07) is 9.58. The Morgan fingerprint density at radius 1 is 1.28 bits per heavy atom. The van der Waals surface area contributed by atoms with E-state index in [0.717, 1.165) is 16.9 Å². The van der Waals surface area contributed by atoms with Gasteiger partial charge in [0.05, 0.1) is 25.4 Å². The quantitative estimate of drug-likeness (QED) is 0.535. The fourth-order valence-electron chi connectivity index (χ4n) is 3.45. The van der Waals surface area contributed by atoms with Gasteiger partial charge in [0.15, 0.2) is 5.65 Å². The lowest BCUT2D eigenvalue weighted by Crippen LogP contribution is -2.32. The number of hydrogen-bond donors (Lipinski definition) is 3. The molecule has 0 saturated carbocycles. The molecule has 1 fully saturated rings. The Morgan fingerprint density at radius 2 is 2.03 bits per heavy atom. The van der Waals surface area contributed by atoms with E-state index in [1.807, 2.05) is 30.3 Å². The van der Waals surface area contributed by atoms with Crippen molar-refractivity contribution in [2.45, 2.75) is 38.4 Å². The van der Waals surface area contributed by atoms with E-state index in [2.05, 4.69) is 9.97 Å². The van der Waals surface area contributed by atoms with Gasteiger partial charge in [0.2, 0.25) is 11.8 Å². The van der Waals surface area contributed by atoms with Gasteiger partial charge in [-0.25, -0.2) is 0 Å². The van der Waals surface area contributed by atoms with Crippen molar-refractivity contribution in [3.8, 4) is 5.88 Å². The molecule has 0 aliphatic carbocycles. The predicted molar refractivity (Wildman–Crippen MR) is 108 cm³/mol. The highest BCUT2D eigenvalue weighted by molar-refractivity contribution is 7.16. The lowest BCUT2D eigenvalue weighted by molar-refractivity contribution is -0.0185. The highest BCUT2D eigenvalue weighted by Gasteiger charge is 2.41. The van der Waals surface area contributed by atoms with Crippen molar-refractivity contribution in [3.63, 3.8) is 0 Å². The summed E-state index contributed by atoms with van der Waals surface area (Å²) in [4.78, 5) is 20.7. The number of fused-ring (bicyclic) bond motifs is 1. The number of nitrogens with zero attached hydrogens (tertiary/aromatic N) is 3. The highest BCUT2D eigenvalue weighted by atomic mass is 32.1. The van der Waals surface area contributed by atoms with Gasteiger partial charge in [0.1, 0.15) is 17.4 Å². The van der Waals surface area contributed by atoms with Gasteiger partial charge in [-0.05, 0) is 5.56 Å². The molecule has 1 aromatic carbocycles. The number of nitrogens with two attached hydrogens (primary N) is 1. The zero-order valence-electron chi connectivity index (χ0n) is 15.8. The van der Waals surface area contributed by atoms with Crippen molar-refractivity contribution < 1.29 is 19.7 Å². The van der Waals surface area contributed by atoms with E-state index >= 15 is 0 Å². The molecule has 154 valence electrons. The number of aliphatic hydroxyl groups excluding tert-OH is 2. The summed E-state index contributed by atoms with van der Waals surface area (Å²) in [5, 5.41) is 19.8. The number of aliphatic hydroxyl groups is 2. The van der Waals surface area contributed by atoms with Crippen molar-refractivity contribution in [2.24, 2.45) is 5.92 Å². The first-order chi connectivity index (χ1) is 14.0. The maximum Gasteiger partial charge on any atom is 0.309 e. The van der Waals surface area contributed by atoms with Crippen LogP contribution in [0, 0.1) is 5.92 Å². The SMILES string of the molecule is C[C@H]1[C@@H](O)[C@H](Cn2c(=O)sc3c(OCc4ccccc4)nc(N)nc32)O[C@@H]1CO. The zero-order valence-corrected chi connectivity index (χ0v) is 16.6. The second kappa shape index (κ2) is 8.07. The summed E-state index contributed by atoms with van der Waals surface area (Å²) in [6.07, 6.45) is -1.91. The molecule has 1 aliphatic heterocycles. The summed E-state index contributed by atoms with van der Waals surface area (Å²) < 4.78 is 13.4. The highest BCUT2D eigenvalue weighted by Crippen LogP contribution is 2.30. The van der Waals surface area contributed by atoms with Gasteiger partial charge in [-0.3, -0.25) is 9.36 Å². The number of rotatable bonds is 6. The van der Waals surface area contributed by atoms with Gasteiger partial charge < -0.3 is 25.4 Å². The summed E-state index contributed by atoms with van der Waals surface area (Å²) >= 11 is 0.956. The molecule has 4 atom stereocenters. The minimum atomic E-state index is -0.804. The van der Waals surface area contributed by atoms with Gasteiger partial charge in [-0.2, -0.15) is 9.97 Å². The first kappa shape index (κ1) is 19.8. The first-order valence-electron chi connectivity index (χ1n) is 9.26. The Balaban J connectivity index is 1.63. The van der Waals surface area contributed by atoms with Crippen LogP contribution in [0.2, 0.25) is 0 Å². The Morgan fingerprint density at radius 3 is 2.72 bits per heavy atom. The third-order valence-electron chi connectivity index (χ3n) is 5.12. The lowest BCUT2D eigenvalue weighted by atomic mass is 9.99. The van der Waals surface area contributed by atoms with Gasteiger partial charge in [-0.1, -0.05) is 48.6 Å². The Labute approximate surface area is 170 Å². The van der Waals surface area contributed by atoms with Crippen LogP contribution in [-0.2, 0) is 17.9 Å². The minimum absolute atomic E-state index is 0.0124. The molecule has 0 spiro atoms. The van der Waals surface area contributed by atoms with Gasteiger partial charge >= 0.3 is 4.87 Å². The van der Waals surface area contributed by atoms with E-state index in [1.54, 1.807) is 6.92 Å². The number of aromatic nitrogens is 3. The maximum atomic E-state index is 12.6. The molecule has 10 heteroatoms. The van der Waals surface area contributed by atoms with Crippen LogP contribution >= 0.6 is 11.3 Å². The molecule has 0 unspecified atom stereocenters. The van der Waals surface area contributed by atoms with Crippen LogP contribution in [-0.4, -0.2) is 49.7 Å². The molecule has 0 amide bonds. The average molecular weight is 418 g/mol. The third kappa shape index (κ3) is 3.84. The Kier molecular flexibility index (Phi) is 5.50. The molecule has 3 heterocycles. The predicted octanol–water partition coefficient (Wildman–Crippen LogP) is 0.771. The number of ether oxygens (including phenoxy) is 2.